The number of nitrogens with one attached hydrogen (secondary N) is 1. The second-order valence-corrected chi connectivity index (χ2v) is 6.88. The number of hydrogen-bond acceptors (Lipinski definition) is 2. The molecule has 1 aliphatic carbocycles. The molecule has 3 nitrogen and oxygen atoms in total. The summed E-state index contributed by atoms with van der Waals surface area (Å²) in [7, 11) is 0. The van der Waals surface area contributed by atoms with Gasteiger partial charge >= 0.3 is 0 Å². The number of nitrogens with two attached hydrogens (primary N) is 1. The Bertz CT molecular complexity index is 499. The zero-order valence-electron chi connectivity index (χ0n) is 12.2. The first-order chi connectivity index (χ1) is 9.44. The summed E-state index contributed by atoms with van der Waals surface area (Å²) in [6.07, 6.45) is 3.65. The molecule has 1 atom stereocenters. The van der Waals surface area contributed by atoms with E-state index in [1.165, 1.54) is 24.0 Å². The number of amides is 1. The molecule has 3 N–H and O–H groups in total. The van der Waals surface area contributed by atoms with Crippen LogP contribution in [0.4, 0.5) is 0 Å². The van der Waals surface area contributed by atoms with E-state index in [0.717, 1.165) is 10.9 Å². The average molecular weight is 339 g/mol. The van der Waals surface area contributed by atoms with Gasteiger partial charge in [0, 0.05) is 17.4 Å². The van der Waals surface area contributed by atoms with Crippen LogP contribution < -0.4 is 11.1 Å². The molecule has 1 unspecified atom stereocenters. The van der Waals surface area contributed by atoms with Crippen LogP contribution in [0.15, 0.2) is 22.7 Å². The zero-order valence-corrected chi connectivity index (χ0v) is 13.8. The van der Waals surface area contributed by atoms with E-state index in [1.807, 2.05) is 6.07 Å². The Labute approximate surface area is 129 Å². The lowest BCUT2D eigenvalue weighted by Crippen LogP contribution is -2.53. The number of aryl methyl sites for hydroxylation is 2. The molecule has 1 amide bonds. The van der Waals surface area contributed by atoms with Gasteiger partial charge < -0.3 is 11.1 Å². The summed E-state index contributed by atoms with van der Waals surface area (Å²) in [6.45, 7) is 4.64. The molecule has 0 radical (unpaired) electrons. The largest absolute Gasteiger partial charge is 0.349 e. The van der Waals surface area contributed by atoms with Crippen LogP contribution in [0.25, 0.3) is 0 Å². The minimum Gasteiger partial charge on any atom is -0.349 e. The van der Waals surface area contributed by atoms with Gasteiger partial charge in [0.25, 0.3) is 0 Å². The Morgan fingerprint density at radius 1 is 1.50 bits per heavy atom. The van der Waals surface area contributed by atoms with E-state index in [2.05, 4.69) is 47.2 Å². The maximum atomic E-state index is 12.1. The molecule has 1 saturated carbocycles. The molecule has 2 rings (SSSR count). The van der Waals surface area contributed by atoms with Gasteiger partial charge in [-0.1, -0.05) is 28.1 Å². The van der Waals surface area contributed by atoms with Crippen molar-refractivity contribution in [3.8, 4) is 0 Å². The molecule has 1 aromatic rings. The van der Waals surface area contributed by atoms with Gasteiger partial charge in [-0.25, -0.2) is 0 Å². The second-order valence-electron chi connectivity index (χ2n) is 6.03. The van der Waals surface area contributed by atoms with Crippen molar-refractivity contribution in [3.63, 3.8) is 0 Å². The lowest BCUT2D eigenvalue weighted by molar-refractivity contribution is -0.123. The molecule has 0 saturated heterocycles. The van der Waals surface area contributed by atoms with Crippen molar-refractivity contribution in [3.05, 3.63) is 33.8 Å². The van der Waals surface area contributed by atoms with Gasteiger partial charge in [-0.2, -0.15) is 0 Å². The van der Waals surface area contributed by atoms with Crippen molar-refractivity contribution in [1.82, 2.24) is 5.32 Å². The molecular formula is C16H23BrN2O. The molecule has 0 heterocycles. The standard InChI is InChI=1S/C16H23BrN2O/c1-11-9-12(3-7-14(11)17)4-8-15(20)19-16(2,10-18)13-5-6-13/h3,7,9,13H,4-6,8,10,18H2,1-2H3,(H,19,20). The zero-order chi connectivity index (χ0) is 14.8. The lowest BCUT2D eigenvalue weighted by Gasteiger charge is -2.29. The molecule has 0 aliphatic heterocycles. The number of benzene rings is 1. The highest BCUT2D eigenvalue weighted by atomic mass is 79.9. The highest BCUT2D eigenvalue weighted by Gasteiger charge is 2.41. The lowest BCUT2D eigenvalue weighted by atomic mass is 9.95. The van der Waals surface area contributed by atoms with E-state index in [9.17, 15) is 4.79 Å². The van der Waals surface area contributed by atoms with Crippen LogP contribution in [0.2, 0.25) is 0 Å². The van der Waals surface area contributed by atoms with Gasteiger partial charge in [-0.3, -0.25) is 4.79 Å². The summed E-state index contributed by atoms with van der Waals surface area (Å²) in [5.74, 6) is 0.664. The van der Waals surface area contributed by atoms with Crippen LogP contribution in [-0.2, 0) is 11.2 Å². The van der Waals surface area contributed by atoms with E-state index < -0.39 is 0 Å². The summed E-state index contributed by atoms with van der Waals surface area (Å²) >= 11 is 3.49. The predicted octanol–water partition coefficient (Wildman–Crippen LogP) is 2.93. The van der Waals surface area contributed by atoms with Crippen LogP contribution >= 0.6 is 15.9 Å². The molecule has 110 valence electrons. The van der Waals surface area contributed by atoms with E-state index in [4.69, 9.17) is 5.73 Å². The summed E-state index contributed by atoms with van der Waals surface area (Å²) in [6, 6.07) is 6.23. The topological polar surface area (TPSA) is 55.1 Å². The van der Waals surface area contributed by atoms with Crippen LogP contribution in [0.5, 0.6) is 0 Å². The third kappa shape index (κ3) is 3.83. The van der Waals surface area contributed by atoms with Crippen molar-refractivity contribution >= 4 is 21.8 Å². The third-order valence-corrected chi connectivity index (χ3v) is 5.08. The molecule has 1 fully saturated rings. The summed E-state index contributed by atoms with van der Waals surface area (Å²) in [5.41, 5.74) is 8.00. The van der Waals surface area contributed by atoms with Crippen molar-refractivity contribution in [2.24, 2.45) is 11.7 Å². The Balaban J connectivity index is 1.87. The van der Waals surface area contributed by atoms with Gasteiger partial charge in [-0.15, -0.1) is 0 Å². The molecule has 1 aliphatic rings. The highest BCUT2D eigenvalue weighted by Crippen LogP contribution is 2.39. The summed E-state index contributed by atoms with van der Waals surface area (Å²) < 4.78 is 1.11. The summed E-state index contributed by atoms with van der Waals surface area (Å²) in [5, 5.41) is 3.13. The predicted molar refractivity (Wildman–Crippen MR) is 85.5 cm³/mol. The second kappa shape index (κ2) is 6.27. The van der Waals surface area contributed by atoms with E-state index >= 15 is 0 Å². The van der Waals surface area contributed by atoms with E-state index in [0.29, 0.717) is 18.9 Å². The first-order valence-electron chi connectivity index (χ1n) is 7.21. The van der Waals surface area contributed by atoms with E-state index in [-0.39, 0.29) is 11.4 Å². The number of carbonyl (C=O) groups is 1. The first-order valence-corrected chi connectivity index (χ1v) is 8.00. The normalized spacial score (nSPS) is 17.6. The van der Waals surface area contributed by atoms with Crippen molar-refractivity contribution < 1.29 is 4.79 Å². The minimum atomic E-state index is -0.216. The smallest absolute Gasteiger partial charge is 0.220 e. The van der Waals surface area contributed by atoms with Gasteiger partial charge in [0.15, 0.2) is 0 Å². The van der Waals surface area contributed by atoms with Crippen molar-refractivity contribution in [2.45, 2.75) is 45.1 Å². The van der Waals surface area contributed by atoms with Crippen molar-refractivity contribution in [2.75, 3.05) is 6.54 Å². The molecule has 20 heavy (non-hydrogen) atoms. The molecule has 4 heteroatoms. The first kappa shape index (κ1) is 15.5. The maximum absolute atomic E-state index is 12.1. The number of halogens is 1. The fraction of sp³-hybridized carbons (Fsp3) is 0.562. The molecule has 1 aromatic carbocycles. The number of rotatable bonds is 6. The van der Waals surface area contributed by atoms with Gasteiger partial charge in [0.2, 0.25) is 5.91 Å². The maximum Gasteiger partial charge on any atom is 0.220 e. The average Bonchev–Trinajstić information content (AvgIpc) is 3.25. The van der Waals surface area contributed by atoms with Crippen LogP contribution in [0.3, 0.4) is 0 Å². The number of carbonyl (C=O) groups excluding carboxylic acids is 1. The van der Waals surface area contributed by atoms with Crippen molar-refractivity contribution in [1.29, 1.82) is 0 Å². The Morgan fingerprint density at radius 3 is 2.75 bits per heavy atom. The van der Waals surface area contributed by atoms with Crippen LogP contribution in [-0.4, -0.2) is 18.0 Å². The fourth-order valence-electron chi connectivity index (χ4n) is 2.54. The third-order valence-electron chi connectivity index (χ3n) is 4.19. The molecule has 0 aromatic heterocycles. The fourth-order valence-corrected chi connectivity index (χ4v) is 2.79. The van der Waals surface area contributed by atoms with Crippen LogP contribution in [0.1, 0.15) is 37.3 Å². The SMILES string of the molecule is Cc1cc(CCC(=O)NC(C)(CN)C2CC2)ccc1Br. The molecule has 0 spiro atoms. The van der Waals surface area contributed by atoms with E-state index in [1.54, 1.807) is 0 Å². The highest BCUT2D eigenvalue weighted by molar-refractivity contribution is 9.10. The Morgan fingerprint density at radius 2 is 2.20 bits per heavy atom. The molecule has 0 bridgehead atoms. The Kier molecular flexibility index (Phi) is 4.86. The Hall–Kier alpha value is -0.870. The van der Waals surface area contributed by atoms with Gasteiger partial charge in [0.05, 0.1) is 5.54 Å². The van der Waals surface area contributed by atoms with Gasteiger partial charge in [0.1, 0.15) is 0 Å². The minimum absolute atomic E-state index is 0.102. The van der Waals surface area contributed by atoms with Gasteiger partial charge in [-0.05, 0) is 56.2 Å². The monoisotopic (exact) mass is 338 g/mol. The number of hydrogen-bond donors (Lipinski definition) is 2. The summed E-state index contributed by atoms with van der Waals surface area (Å²) in [4.78, 5) is 12.1. The molecular weight excluding hydrogens is 316 g/mol. The van der Waals surface area contributed by atoms with Crippen LogP contribution in [0, 0.1) is 12.8 Å². The quantitative estimate of drug-likeness (QED) is 0.837.